The van der Waals surface area contributed by atoms with Gasteiger partial charge in [0.05, 0.1) is 41.9 Å². The molecule has 9 nitrogen and oxygen atoms in total. The predicted molar refractivity (Wildman–Crippen MR) is 165 cm³/mol. The number of halogens is 1. The SMILES string of the molecule is C[C@H](CS(N)(=O)=O)O[C@H]1CCO[C@H]([C@@H]2CC[C@H]2CN2C[C@@]3(CCCc4cc(Cl)ccc43)COc3ccc(C(=O)O)cc32)C1. The first-order valence-corrected chi connectivity index (χ1v) is 17.4. The van der Waals surface area contributed by atoms with Crippen LogP contribution in [0.15, 0.2) is 36.4 Å². The van der Waals surface area contributed by atoms with E-state index in [9.17, 15) is 18.3 Å². The summed E-state index contributed by atoms with van der Waals surface area (Å²) < 4.78 is 41.9. The van der Waals surface area contributed by atoms with Gasteiger partial charge in [-0.05, 0) is 98.7 Å². The molecule has 6 rings (SSSR count). The molecule has 2 aromatic rings. The van der Waals surface area contributed by atoms with Crippen molar-refractivity contribution in [3.8, 4) is 5.75 Å². The number of carbonyl (C=O) groups is 1. The van der Waals surface area contributed by atoms with Crippen molar-refractivity contribution in [3.63, 3.8) is 0 Å². The topological polar surface area (TPSA) is 128 Å². The van der Waals surface area contributed by atoms with E-state index in [-0.39, 0.29) is 28.9 Å². The van der Waals surface area contributed by atoms with E-state index in [0.717, 1.165) is 68.7 Å². The molecule has 11 heteroatoms. The number of aryl methyl sites for hydroxylation is 1. The van der Waals surface area contributed by atoms with Crippen LogP contribution in [-0.4, -0.2) is 69.9 Å². The molecule has 0 bridgehead atoms. The van der Waals surface area contributed by atoms with Gasteiger partial charge >= 0.3 is 5.97 Å². The lowest BCUT2D eigenvalue weighted by Crippen LogP contribution is -2.51. The van der Waals surface area contributed by atoms with E-state index in [1.807, 2.05) is 6.07 Å². The molecular weight excluding hydrogens is 592 g/mol. The fourth-order valence-electron chi connectivity index (χ4n) is 7.75. The van der Waals surface area contributed by atoms with Crippen molar-refractivity contribution < 1.29 is 32.5 Å². The van der Waals surface area contributed by atoms with Crippen LogP contribution in [0.3, 0.4) is 0 Å². The summed E-state index contributed by atoms with van der Waals surface area (Å²) in [7, 11) is -3.61. The van der Waals surface area contributed by atoms with E-state index in [2.05, 4.69) is 17.0 Å². The average molecular weight is 633 g/mol. The van der Waals surface area contributed by atoms with E-state index >= 15 is 0 Å². The average Bonchev–Trinajstić information content (AvgIpc) is 3.07. The van der Waals surface area contributed by atoms with Crippen molar-refractivity contribution in [2.45, 2.75) is 75.6 Å². The molecule has 2 heterocycles. The van der Waals surface area contributed by atoms with Crippen LogP contribution in [0.2, 0.25) is 5.02 Å². The van der Waals surface area contributed by atoms with Crippen LogP contribution in [0.5, 0.6) is 5.75 Å². The zero-order valence-corrected chi connectivity index (χ0v) is 26.1. The Balaban J connectivity index is 1.24. The summed E-state index contributed by atoms with van der Waals surface area (Å²) in [6.07, 6.45) is 6.03. The maximum atomic E-state index is 12.0. The number of primary sulfonamides is 1. The molecule has 2 aliphatic heterocycles. The minimum atomic E-state index is -3.61. The Morgan fingerprint density at radius 3 is 2.81 bits per heavy atom. The number of sulfonamides is 1. The second kappa shape index (κ2) is 12.2. The van der Waals surface area contributed by atoms with Crippen molar-refractivity contribution in [3.05, 3.63) is 58.1 Å². The van der Waals surface area contributed by atoms with Crippen LogP contribution < -0.4 is 14.8 Å². The molecule has 1 spiro atoms. The highest BCUT2D eigenvalue weighted by atomic mass is 35.5. The summed E-state index contributed by atoms with van der Waals surface area (Å²) >= 11 is 6.39. The van der Waals surface area contributed by atoms with Gasteiger partial charge in [0, 0.05) is 36.6 Å². The van der Waals surface area contributed by atoms with Crippen molar-refractivity contribution in [1.29, 1.82) is 0 Å². The largest absolute Gasteiger partial charge is 0.490 e. The van der Waals surface area contributed by atoms with Crippen molar-refractivity contribution >= 4 is 33.3 Å². The van der Waals surface area contributed by atoms with Gasteiger partial charge in [-0.25, -0.2) is 18.4 Å². The number of hydrogen-bond donors (Lipinski definition) is 2. The molecule has 4 aliphatic rings. The molecule has 1 saturated carbocycles. The summed E-state index contributed by atoms with van der Waals surface area (Å²) in [6, 6.07) is 11.4. The summed E-state index contributed by atoms with van der Waals surface area (Å²) in [6.45, 7) is 4.34. The molecule has 6 atom stereocenters. The Labute approximate surface area is 258 Å². The van der Waals surface area contributed by atoms with Gasteiger partial charge in [-0.1, -0.05) is 17.7 Å². The molecule has 0 amide bonds. The number of hydrogen-bond acceptors (Lipinski definition) is 7. The van der Waals surface area contributed by atoms with Gasteiger partial charge < -0.3 is 24.2 Å². The van der Waals surface area contributed by atoms with Gasteiger partial charge in [-0.2, -0.15) is 0 Å². The number of nitrogens with zero attached hydrogens (tertiary/aromatic N) is 1. The normalized spacial score (nSPS) is 29.5. The molecule has 1 saturated heterocycles. The number of anilines is 1. The van der Waals surface area contributed by atoms with Gasteiger partial charge in [0.2, 0.25) is 10.0 Å². The number of fused-ring (bicyclic) bond motifs is 3. The number of carboxylic acid groups (broad SMARTS) is 1. The van der Waals surface area contributed by atoms with Crippen LogP contribution in [0.1, 0.15) is 66.9 Å². The van der Waals surface area contributed by atoms with Gasteiger partial charge in [0.25, 0.3) is 0 Å². The first-order valence-electron chi connectivity index (χ1n) is 15.3. The predicted octanol–water partition coefficient (Wildman–Crippen LogP) is 4.78. The molecule has 3 N–H and O–H groups in total. The smallest absolute Gasteiger partial charge is 0.335 e. The van der Waals surface area contributed by atoms with Gasteiger partial charge in [0.1, 0.15) is 5.75 Å². The highest BCUT2D eigenvalue weighted by molar-refractivity contribution is 7.89. The van der Waals surface area contributed by atoms with Crippen molar-refractivity contribution in [2.75, 3.05) is 37.0 Å². The first kappa shape index (κ1) is 30.6. The molecule has 0 unspecified atom stereocenters. The second-order valence-corrected chi connectivity index (χ2v) is 15.0. The lowest BCUT2D eigenvalue weighted by molar-refractivity contribution is -0.126. The maximum absolute atomic E-state index is 12.0. The Morgan fingerprint density at radius 2 is 2.07 bits per heavy atom. The lowest BCUT2D eigenvalue weighted by Gasteiger charge is -2.48. The number of nitrogens with two attached hydrogens (primary N) is 1. The standard InChI is InChI=1S/C32H41ClN2O7S/c1-20(17-43(34,38)39)42-25-10-12-40-30(15-25)26-7-4-23(26)16-35-18-32(11-2-3-21-13-24(33)6-8-27(21)32)19-41-29-9-5-22(31(36)37)14-28(29)35/h5-6,8-9,13-14,20,23,25-26,30H,2-4,7,10-12,15-19H2,1H3,(H,36,37)(H2,34,38,39)/t20-,23+,25+,26-,30+,32+/m1/s1. The first-order chi connectivity index (χ1) is 20.5. The van der Waals surface area contributed by atoms with E-state index < -0.39 is 22.1 Å². The summed E-state index contributed by atoms with van der Waals surface area (Å²) in [5.74, 6) is 0.246. The van der Waals surface area contributed by atoms with Gasteiger partial charge in [-0.15, -0.1) is 0 Å². The third-order valence-electron chi connectivity index (χ3n) is 9.85. The minimum absolute atomic E-state index is 0.0266. The van der Waals surface area contributed by atoms with E-state index in [1.165, 1.54) is 11.1 Å². The number of aromatic carboxylic acids is 1. The van der Waals surface area contributed by atoms with Crippen molar-refractivity contribution in [2.24, 2.45) is 17.0 Å². The summed E-state index contributed by atoms with van der Waals surface area (Å²) in [4.78, 5) is 14.3. The number of ether oxygens (including phenoxy) is 3. The summed E-state index contributed by atoms with van der Waals surface area (Å²) in [5, 5.41) is 15.8. The molecule has 0 aromatic heterocycles. The van der Waals surface area contributed by atoms with E-state index in [0.29, 0.717) is 30.8 Å². The highest BCUT2D eigenvalue weighted by Crippen LogP contribution is 2.47. The van der Waals surface area contributed by atoms with Crippen molar-refractivity contribution in [1.82, 2.24) is 0 Å². The van der Waals surface area contributed by atoms with Gasteiger partial charge in [0.15, 0.2) is 0 Å². The third kappa shape index (κ3) is 6.68. The monoisotopic (exact) mass is 632 g/mol. The fourth-order valence-corrected chi connectivity index (χ4v) is 8.68. The summed E-state index contributed by atoms with van der Waals surface area (Å²) in [5.41, 5.74) is 3.37. The van der Waals surface area contributed by atoms with Crippen LogP contribution >= 0.6 is 11.6 Å². The van der Waals surface area contributed by atoms with Crippen LogP contribution in [0, 0.1) is 11.8 Å². The van der Waals surface area contributed by atoms with E-state index in [1.54, 1.807) is 25.1 Å². The number of benzene rings is 2. The van der Waals surface area contributed by atoms with Crippen LogP contribution in [0.25, 0.3) is 0 Å². The Kier molecular flexibility index (Phi) is 8.69. The molecule has 2 aliphatic carbocycles. The van der Waals surface area contributed by atoms with E-state index in [4.69, 9.17) is 31.0 Å². The molecule has 2 aromatic carbocycles. The quantitative estimate of drug-likeness (QED) is 0.426. The van der Waals surface area contributed by atoms with Crippen LogP contribution in [-0.2, 0) is 31.3 Å². The molecule has 234 valence electrons. The minimum Gasteiger partial charge on any atom is -0.490 e. The molecule has 0 radical (unpaired) electrons. The third-order valence-corrected chi connectivity index (χ3v) is 11.0. The number of rotatable bonds is 8. The molecule has 2 fully saturated rings. The molecule has 43 heavy (non-hydrogen) atoms. The highest BCUT2D eigenvalue weighted by Gasteiger charge is 2.45. The number of carboxylic acids is 1. The zero-order valence-electron chi connectivity index (χ0n) is 24.5. The zero-order chi connectivity index (χ0) is 30.4. The second-order valence-electron chi connectivity index (χ2n) is 12.9. The Morgan fingerprint density at radius 1 is 1.23 bits per heavy atom. The molecular formula is C32H41ClN2O7S. The Bertz CT molecular complexity index is 1470. The maximum Gasteiger partial charge on any atom is 0.335 e. The fraction of sp³-hybridized carbons (Fsp3) is 0.594. The van der Waals surface area contributed by atoms with Crippen LogP contribution in [0.4, 0.5) is 5.69 Å². The van der Waals surface area contributed by atoms with Gasteiger partial charge in [-0.3, -0.25) is 0 Å². The lowest BCUT2D eigenvalue weighted by atomic mass is 9.67. The Hall–Kier alpha value is -2.37.